The summed E-state index contributed by atoms with van der Waals surface area (Å²) in [5.41, 5.74) is 1.89. The first-order valence-electron chi connectivity index (χ1n) is 8.44. The van der Waals surface area contributed by atoms with Crippen LogP contribution in [0.4, 0.5) is 8.78 Å². The van der Waals surface area contributed by atoms with Crippen LogP contribution in [0.15, 0.2) is 67.0 Å². The van der Waals surface area contributed by atoms with Gasteiger partial charge >= 0.3 is 0 Å². The number of rotatable bonds is 7. The molecule has 0 saturated carbocycles. The average Bonchev–Trinajstić information content (AvgIpc) is 2.72. The molecule has 0 aliphatic heterocycles. The highest BCUT2D eigenvalue weighted by Crippen LogP contribution is 2.24. The quantitative estimate of drug-likeness (QED) is 0.434. The number of ketones is 1. The molecule has 0 saturated heterocycles. The van der Waals surface area contributed by atoms with E-state index in [1.165, 1.54) is 25.4 Å². The normalized spacial score (nSPS) is 10.8. The Morgan fingerprint density at radius 3 is 2.64 bits per heavy atom. The predicted octanol–water partition coefficient (Wildman–Crippen LogP) is 4.84. The summed E-state index contributed by atoms with van der Waals surface area (Å²) in [7, 11) is 1.51. The zero-order chi connectivity index (χ0) is 19.9. The van der Waals surface area contributed by atoms with E-state index in [4.69, 9.17) is 9.47 Å². The highest BCUT2D eigenvalue weighted by atomic mass is 19.1. The summed E-state index contributed by atoms with van der Waals surface area (Å²) < 4.78 is 37.5. The maximum atomic E-state index is 13.7. The molecule has 1 heterocycles. The molecule has 0 aliphatic carbocycles. The molecule has 28 heavy (non-hydrogen) atoms. The summed E-state index contributed by atoms with van der Waals surface area (Å²) in [5, 5.41) is 0. The van der Waals surface area contributed by atoms with Gasteiger partial charge in [-0.05, 0) is 48.0 Å². The number of halogens is 2. The lowest BCUT2D eigenvalue weighted by Gasteiger charge is -2.12. The van der Waals surface area contributed by atoms with E-state index in [2.05, 4.69) is 4.98 Å². The number of benzene rings is 2. The van der Waals surface area contributed by atoms with Crippen LogP contribution in [0.1, 0.15) is 21.5 Å². The molecule has 0 aliphatic rings. The summed E-state index contributed by atoms with van der Waals surface area (Å²) in [6, 6.07) is 11.8. The van der Waals surface area contributed by atoms with Crippen molar-refractivity contribution in [3.8, 4) is 11.5 Å². The Morgan fingerprint density at radius 2 is 1.93 bits per heavy atom. The highest BCUT2D eigenvalue weighted by Gasteiger charge is 2.09. The molecule has 0 amide bonds. The molecule has 0 unspecified atom stereocenters. The van der Waals surface area contributed by atoms with Gasteiger partial charge in [0.25, 0.3) is 0 Å². The molecule has 2 aromatic carbocycles. The number of nitrogens with zero attached hydrogens (tertiary/aromatic N) is 1. The SMILES string of the molecule is COc1ccc(/C=C/C(=O)c2cccnc2)cc1COc1ccc(F)cc1F. The van der Waals surface area contributed by atoms with Crippen LogP contribution in [0, 0.1) is 11.6 Å². The Morgan fingerprint density at radius 1 is 1.11 bits per heavy atom. The monoisotopic (exact) mass is 381 g/mol. The molecule has 3 aromatic rings. The van der Waals surface area contributed by atoms with Crippen molar-refractivity contribution in [2.24, 2.45) is 0 Å². The lowest BCUT2D eigenvalue weighted by Crippen LogP contribution is -2.01. The van der Waals surface area contributed by atoms with Gasteiger partial charge in [0.15, 0.2) is 17.3 Å². The van der Waals surface area contributed by atoms with E-state index in [1.54, 1.807) is 42.6 Å². The minimum absolute atomic E-state index is 0.0178. The first-order valence-corrected chi connectivity index (χ1v) is 8.44. The van der Waals surface area contributed by atoms with E-state index in [1.807, 2.05) is 0 Å². The van der Waals surface area contributed by atoms with Crippen LogP contribution in [0.5, 0.6) is 11.5 Å². The van der Waals surface area contributed by atoms with Crippen molar-refractivity contribution in [2.75, 3.05) is 7.11 Å². The van der Waals surface area contributed by atoms with Crippen LogP contribution >= 0.6 is 0 Å². The molecule has 1 aromatic heterocycles. The largest absolute Gasteiger partial charge is 0.496 e. The summed E-state index contributed by atoms with van der Waals surface area (Å²) in [6.45, 7) is 0.0178. The Bertz CT molecular complexity index is 1000. The summed E-state index contributed by atoms with van der Waals surface area (Å²) in [5.74, 6) is -1.13. The molecule has 0 atom stereocenters. The average molecular weight is 381 g/mol. The zero-order valence-electron chi connectivity index (χ0n) is 15.1. The number of methoxy groups -OCH3 is 1. The van der Waals surface area contributed by atoms with Crippen LogP contribution in [0.2, 0.25) is 0 Å². The molecule has 0 bridgehead atoms. The number of hydrogen-bond donors (Lipinski definition) is 0. The number of carbonyl (C=O) groups excluding carboxylic acids is 1. The molecule has 0 spiro atoms. The summed E-state index contributed by atoms with van der Waals surface area (Å²) in [6.07, 6.45) is 6.21. The molecule has 142 valence electrons. The van der Waals surface area contributed by atoms with E-state index in [0.717, 1.165) is 17.7 Å². The smallest absolute Gasteiger partial charge is 0.187 e. The van der Waals surface area contributed by atoms with Gasteiger partial charge in [0.2, 0.25) is 0 Å². The zero-order valence-corrected chi connectivity index (χ0v) is 15.1. The minimum Gasteiger partial charge on any atom is -0.496 e. The number of aromatic nitrogens is 1. The molecule has 4 nitrogen and oxygen atoms in total. The standard InChI is InChI=1S/C22H17F2NO3/c1-27-21-8-5-15(4-7-20(26)16-3-2-10-25-13-16)11-17(21)14-28-22-9-6-18(23)12-19(22)24/h2-13H,14H2,1H3/b7-4+. The van der Waals surface area contributed by atoms with Gasteiger partial charge in [0.1, 0.15) is 18.2 Å². The van der Waals surface area contributed by atoms with Crippen molar-refractivity contribution in [1.29, 1.82) is 0 Å². The summed E-state index contributed by atoms with van der Waals surface area (Å²) in [4.78, 5) is 16.1. The predicted molar refractivity (Wildman–Crippen MR) is 101 cm³/mol. The third kappa shape index (κ3) is 4.79. The Hall–Kier alpha value is -3.54. The highest BCUT2D eigenvalue weighted by molar-refractivity contribution is 6.06. The van der Waals surface area contributed by atoms with E-state index in [-0.39, 0.29) is 18.1 Å². The van der Waals surface area contributed by atoms with E-state index < -0.39 is 11.6 Å². The van der Waals surface area contributed by atoms with Crippen LogP contribution in [0.25, 0.3) is 6.08 Å². The topological polar surface area (TPSA) is 48.4 Å². The van der Waals surface area contributed by atoms with Gasteiger partial charge in [0, 0.05) is 29.6 Å². The van der Waals surface area contributed by atoms with Gasteiger partial charge in [-0.2, -0.15) is 0 Å². The van der Waals surface area contributed by atoms with Crippen molar-refractivity contribution in [1.82, 2.24) is 4.98 Å². The molecule has 0 radical (unpaired) electrons. The first-order chi connectivity index (χ1) is 13.6. The fraction of sp³-hybridized carbons (Fsp3) is 0.0909. The maximum Gasteiger partial charge on any atom is 0.187 e. The van der Waals surface area contributed by atoms with E-state index >= 15 is 0 Å². The van der Waals surface area contributed by atoms with Gasteiger partial charge in [-0.15, -0.1) is 0 Å². The van der Waals surface area contributed by atoms with Gasteiger partial charge in [-0.3, -0.25) is 9.78 Å². The number of pyridine rings is 1. The summed E-state index contributed by atoms with van der Waals surface area (Å²) >= 11 is 0. The molecule has 6 heteroatoms. The first kappa shape index (κ1) is 19.2. The number of allylic oxidation sites excluding steroid dienone is 1. The number of hydrogen-bond acceptors (Lipinski definition) is 4. The number of carbonyl (C=O) groups is 1. The Labute approximate surface area is 161 Å². The molecule has 0 fully saturated rings. The van der Waals surface area contributed by atoms with Gasteiger partial charge in [-0.1, -0.05) is 12.1 Å². The van der Waals surface area contributed by atoms with Crippen molar-refractivity contribution in [2.45, 2.75) is 6.61 Å². The van der Waals surface area contributed by atoms with Gasteiger partial charge in [0.05, 0.1) is 7.11 Å². The maximum absolute atomic E-state index is 13.7. The van der Waals surface area contributed by atoms with Crippen LogP contribution < -0.4 is 9.47 Å². The van der Waals surface area contributed by atoms with Crippen LogP contribution in [0.3, 0.4) is 0 Å². The second-order valence-electron chi connectivity index (χ2n) is 5.87. The number of ether oxygens (including phenoxy) is 2. The second kappa shape index (κ2) is 8.90. The third-order valence-corrected chi connectivity index (χ3v) is 3.95. The third-order valence-electron chi connectivity index (χ3n) is 3.95. The van der Waals surface area contributed by atoms with Crippen LogP contribution in [-0.4, -0.2) is 17.9 Å². The minimum atomic E-state index is -0.780. The second-order valence-corrected chi connectivity index (χ2v) is 5.87. The fourth-order valence-electron chi connectivity index (χ4n) is 2.54. The van der Waals surface area contributed by atoms with E-state index in [0.29, 0.717) is 16.9 Å². The fourth-order valence-corrected chi connectivity index (χ4v) is 2.54. The van der Waals surface area contributed by atoms with Crippen LogP contribution in [-0.2, 0) is 6.61 Å². The van der Waals surface area contributed by atoms with Crippen molar-refractivity contribution >= 4 is 11.9 Å². The molecule has 3 rings (SSSR count). The molecular weight excluding hydrogens is 364 g/mol. The van der Waals surface area contributed by atoms with Crippen molar-refractivity contribution in [3.63, 3.8) is 0 Å². The molecular formula is C22H17F2NO3. The Balaban J connectivity index is 1.76. The van der Waals surface area contributed by atoms with Gasteiger partial charge < -0.3 is 9.47 Å². The van der Waals surface area contributed by atoms with E-state index in [9.17, 15) is 13.6 Å². The lowest BCUT2D eigenvalue weighted by molar-refractivity contribution is 0.104. The Kier molecular flexibility index (Phi) is 6.11. The molecule has 0 N–H and O–H groups in total. The lowest BCUT2D eigenvalue weighted by atomic mass is 10.1. The van der Waals surface area contributed by atoms with Gasteiger partial charge in [-0.25, -0.2) is 8.78 Å². The van der Waals surface area contributed by atoms with Crippen molar-refractivity contribution in [3.05, 3.63) is 95.3 Å². The van der Waals surface area contributed by atoms with Crippen molar-refractivity contribution < 1.29 is 23.0 Å².